The number of nitrogens with one attached hydrogen (secondary N) is 1. The minimum atomic E-state index is -0.443. The standard InChI is InChI=1S/C18H14ClN5O2/c1-11-20-17(22-24(11)14-8-4-2-6-12(14)19)18(26)23-10-16(25)21-13-7-3-5-9-15(13)23/h2-9H,10H2,1H3,(H,21,25). The second-order valence-corrected chi connectivity index (χ2v) is 6.21. The minimum Gasteiger partial charge on any atom is -0.323 e. The number of carbonyl (C=O) groups excluding carboxylic acids is 2. The Morgan fingerprint density at radius 2 is 1.81 bits per heavy atom. The van der Waals surface area contributed by atoms with Crippen molar-refractivity contribution >= 4 is 34.8 Å². The van der Waals surface area contributed by atoms with Gasteiger partial charge in [0.2, 0.25) is 11.7 Å². The van der Waals surface area contributed by atoms with E-state index < -0.39 is 5.91 Å². The van der Waals surface area contributed by atoms with Crippen LogP contribution >= 0.6 is 11.6 Å². The van der Waals surface area contributed by atoms with E-state index in [4.69, 9.17) is 11.6 Å². The summed E-state index contributed by atoms with van der Waals surface area (Å²) in [5, 5.41) is 7.56. The summed E-state index contributed by atoms with van der Waals surface area (Å²) in [5.74, 6) is -0.177. The van der Waals surface area contributed by atoms with E-state index in [1.807, 2.05) is 12.1 Å². The molecule has 0 radical (unpaired) electrons. The lowest BCUT2D eigenvalue weighted by Gasteiger charge is -2.28. The van der Waals surface area contributed by atoms with Gasteiger partial charge in [0.15, 0.2) is 0 Å². The Balaban J connectivity index is 1.74. The largest absolute Gasteiger partial charge is 0.323 e. The van der Waals surface area contributed by atoms with Gasteiger partial charge in [0.1, 0.15) is 12.4 Å². The molecule has 2 heterocycles. The van der Waals surface area contributed by atoms with Crippen LogP contribution in [0.1, 0.15) is 16.4 Å². The Labute approximate surface area is 154 Å². The Hall–Kier alpha value is -3.19. The smallest absolute Gasteiger partial charge is 0.298 e. The summed E-state index contributed by atoms with van der Waals surface area (Å²) >= 11 is 6.22. The number of aryl methyl sites for hydroxylation is 1. The van der Waals surface area contributed by atoms with Gasteiger partial charge in [-0.2, -0.15) is 0 Å². The number of nitrogens with zero attached hydrogens (tertiary/aromatic N) is 4. The van der Waals surface area contributed by atoms with Crippen molar-refractivity contribution in [3.8, 4) is 5.69 Å². The van der Waals surface area contributed by atoms with Crippen LogP contribution in [0, 0.1) is 6.92 Å². The number of hydrogen-bond donors (Lipinski definition) is 1. The number of para-hydroxylation sites is 3. The number of rotatable bonds is 2. The molecule has 1 N–H and O–H groups in total. The van der Waals surface area contributed by atoms with Crippen molar-refractivity contribution in [2.45, 2.75) is 6.92 Å². The molecule has 7 nitrogen and oxygen atoms in total. The van der Waals surface area contributed by atoms with Crippen LogP contribution in [0.2, 0.25) is 5.02 Å². The maximum absolute atomic E-state index is 13.0. The molecule has 3 aromatic rings. The maximum Gasteiger partial charge on any atom is 0.298 e. The predicted octanol–water partition coefficient (Wildman–Crippen LogP) is 2.83. The van der Waals surface area contributed by atoms with E-state index in [9.17, 15) is 9.59 Å². The number of benzene rings is 2. The number of aromatic nitrogens is 3. The minimum absolute atomic E-state index is 0.00641. The molecule has 0 saturated carbocycles. The van der Waals surface area contributed by atoms with Gasteiger partial charge in [-0.3, -0.25) is 14.5 Å². The zero-order valence-electron chi connectivity index (χ0n) is 13.8. The summed E-state index contributed by atoms with van der Waals surface area (Å²) in [7, 11) is 0. The van der Waals surface area contributed by atoms with Gasteiger partial charge in [0.05, 0.1) is 22.1 Å². The molecule has 2 amide bonds. The SMILES string of the molecule is Cc1nc(C(=O)N2CC(=O)Nc3ccccc32)nn1-c1ccccc1Cl. The molecule has 26 heavy (non-hydrogen) atoms. The highest BCUT2D eigenvalue weighted by Crippen LogP contribution is 2.30. The average Bonchev–Trinajstić information content (AvgIpc) is 3.02. The maximum atomic E-state index is 13.0. The number of fused-ring (bicyclic) bond motifs is 1. The van der Waals surface area contributed by atoms with Crippen LogP contribution in [0.5, 0.6) is 0 Å². The lowest BCUT2D eigenvalue weighted by Crippen LogP contribution is -2.42. The van der Waals surface area contributed by atoms with E-state index >= 15 is 0 Å². The van der Waals surface area contributed by atoms with Crippen LogP contribution in [0.25, 0.3) is 5.69 Å². The fourth-order valence-electron chi connectivity index (χ4n) is 2.87. The van der Waals surface area contributed by atoms with E-state index in [1.165, 1.54) is 9.58 Å². The molecule has 0 aliphatic carbocycles. The van der Waals surface area contributed by atoms with Crippen molar-refractivity contribution in [2.24, 2.45) is 0 Å². The summed E-state index contributed by atoms with van der Waals surface area (Å²) in [6, 6.07) is 14.3. The molecule has 1 aliphatic heterocycles. The Bertz CT molecular complexity index is 1030. The third kappa shape index (κ3) is 2.72. The summed E-state index contributed by atoms with van der Waals surface area (Å²) < 4.78 is 1.52. The molecule has 0 saturated heterocycles. The molecule has 4 rings (SSSR count). The molecular formula is C18H14ClN5O2. The topological polar surface area (TPSA) is 80.1 Å². The molecule has 0 bridgehead atoms. The lowest BCUT2D eigenvalue weighted by atomic mass is 10.2. The fourth-order valence-corrected chi connectivity index (χ4v) is 3.08. The molecule has 0 atom stereocenters. The van der Waals surface area contributed by atoms with E-state index in [0.29, 0.717) is 27.9 Å². The molecular weight excluding hydrogens is 354 g/mol. The van der Waals surface area contributed by atoms with Gasteiger partial charge in [-0.05, 0) is 31.2 Å². The lowest BCUT2D eigenvalue weighted by molar-refractivity contribution is -0.115. The Kier molecular flexibility index (Phi) is 3.93. The average molecular weight is 368 g/mol. The first kappa shape index (κ1) is 16.3. The van der Waals surface area contributed by atoms with Gasteiger partial charge in [-0.25, -0.2) is 9.67 Å². The molecule has 0 fully saturated rings. The first-order valence-corrected chi connectivity index (χ1v) is 8.31. The summed E-state index contributed by atoms with van der Waals surface area (Å²) in [6.45, 7) is 1.65. The van der Waals surface area contributed by atoms with E-state index in [-0.39, 0.29) is 18.3 Å². The van der Waals surface area contributed by atoms with Gasteiger partial charge >= 0.3 is 0 Å². The van der Waals surface area contributed by atoms with E-state index in [2.05, 4.69) is 15.4 Å². The quantitative estimate of drug-likeness (QED) is 0.755. The second-order valence-electron chi connectivity index (χ2n) is 5.80. The number of hydrogen-bond acceptors (Lipinski definition) is 4. The van der Waals surface area contributed by atoms with Crippen LogP contribution in [0.3, 0.4) is 0 Å². The number of anilines is 2. The van der Waals surface area contributed by atoms with Crippen molar-refractivity contribution in [1.82, 2.24) is 14.8 Å². The van der Waals surface area contributed by atoms with Crippen molar-refractivity contribution in [3.63, 3.8) is 0 Å². The summed E-state index contributed by atoms with van der Waals surface area (Å²) in [6.07, 6.45) is 0. The molecule has 1 aliphatic rings. The van der Waals surface area contributed by atoms with Crippen molar-refractivity contribution < 1.29 is 9.59 Å². The van der Waals surface area contributed by atoms with Crippen LogP contribution in [-0.2, 0) is 4.79 Å². The molecule has 2 aromatic carbocycles. The first-order chi connectivity index (χ1) is 12.5. The van der Waals surface area contributed by atoms with Gasteiger partial charge < -0.3 is 5.32 Å². The monoisotopic (exact) mass is 367 g/mol. The van der Waals surface area contributed by atoms with Gasteiger partial charge in [0.25, 0.3) is 5.91 Å². The molecule has 0 unspecified atom stereocenters. The number of amides is 2. The predicted molar refractivity (Wildman–Crippen MR) is 97.9 cm³/mol. The number of carbonyl (C=O) groups is 2. The second kappa shape index (κ2) is 6.27. The molecule has 130 valence electrons. The van der Waals surface area contributed by atoms with Crippen LogP contribution in [0.15, 0.2) is 48.5 Å². The van der Waals surface area contributed by atoms with Crippen molar-refractivity contribution in [2.75, 3.05) is 16.8 Å². The fraction of sp³-hybridized carbons (Fsp3) is 0.111. The van der Waals surface area contributed by atoms with E-state index in [0.717, 1.165) is 0 Å². The summed E-state index contributed by atoms with van der Waals surface area (Å²) in [4.78, 5) is 30.6. The number of halogens is 1. The highest BCUT2D eigenvalue weighted by Gasteiger charge is 2.30. The van der Waals surface area contributed by atoms with Crippen LogP contribution in [0.4, 0.5) is 11.4 Å². The molecule has 8 heteroatoms. The molecule has 1 aromatic heterocycles. The Morgan fingerprint density at radius 3 is 2.58 bits per heavy atom. The normalized spacial score (nSPS) is 13.3. The highest BCUT2D eigenvalue weighted by atomic mass is 35.5. The van der Waals surface area contributed by atoms with Crippen LogP contribution < -0.4 is 10.2 Å². The van der Waals surface area contributed by atoms with Gasteiger partial charge in [-0.1, -0.05) is 35.9 Å². The van der Waals surface area contributed by atoms with E-state index in [1.54, 1.807) is 43.3 Å². The Morgan fingerprint density at radius 1 is 1.12 bits per heavy atom. The molecule has 0 spiro atoms. The van der Waals surface area contributed by atoms with Crippen molar-refractivity contribution in [1.29, 1.82) is 0 Å². The first-order valence-electron chi connectivity index (χ1n) is 7.94. The zero-order valence-corrected chi connectivity index (χ0v) is 14.6. The van der Waals surface area contributed by atoms with Crippen LogP contribution in [-0.4, -0.2) is 33.1 Å². The summed E-state index contributed by atoms with van der Waals surface area (Å²) in [5.41, 5.74) is 1.83. The zero-order chi connectivity index (χ0) is 18.3. The van der Waals surface area contributed by atoms with Crippen molar-refractivity contribution in [3.05, 3.63) is 65.2 Å². The third-order valence-electron chi connectivity index (χ3n) is 4.06. The van der Waals surface area contributed by atoms with Gasteiger partial charge in [-0.15, -0.1) is 5.10 Å². The third-order valence-corrected chi connectivity index (χ3v) is 4.38. The highest BCUT2D eigenvalue weighted by molar-refractivity contribution is 6.32. The van der Waals surface area contributed by atoms with Gasteiger partial charge in [0, 0.05) is 0 Å².